The van der Waals surface area contributed by atoms with Gasteiger partial charge in [0.2, 0.25) is 0 Å². The Morgan fingerprint density at radius 3 is 0.759 bits per heavy atom. The summed E-state index contributed by atoms with van der Waals surface area (Å²) in [6.45, 7) is 6.63. The molecule has 0 radical (unpaired) electrons. The molecule has 0 amide bonds. The zero-order valence-corrected chi connectivity index (χ0v) is 52.9. The number of hydrogen-bond donors (Lipinski definition) is 0. The first-order valence-corrected chi connectivity index (χ1v) is 34.8. The van der Waals surface area contributed by atoms with Crippen molar-refractivity contribution in [1.29, 1.82) is 0 Å². The van der Waals surface area contributed by atoms with Crippen LogP contribution in [0, 0.1) is 0 Å². The minimum atomic E-state index is -0.779. The molecule has 460 valence electrons. The van der Waals surface area contributed by atoms with E-state index in [9.17, 15) is 14.4 Å². The van der Waals surface area contributed by atoms with Gasteiger partial charge >= 0.3 is 17.9 Å². The zero-order valence-electron chi connectivity index (χ0n) is 52.9. The molecule has 0 rings (SSSR count). The third-order valence-electron chi connectivity index (χ3n) is 15.5. The molecule has 0 aliphatic carbocycles. The molecule has 0 saturated carbocycles. The highest BCUT2D eigenvalue weighted by Crippen LogP contribution is 2.17. The Labute approximate surface area is 491 Å². The van der Waals surface area contributed by atoms with Crippen molar-refractivity contribution >= 4 is 17.9 Å². The summed E-state index contributed by atoms with van der Waals surface area (Å²) in [4.78, 5) is 38.3. The predicted molar refractivity (Wildman–Crippen MR) is 344 cm³/mol. The van der Waals surface area contributed by atoms with Crippen LogP contribution in [0.5, 0.6) is 0 Å². The average Bonchev–Trinajstić information content (AvgIpc) is 3.45. The number of esters is 3. The van der Waals surface area contributed by atoms with Gasteiger partial charge in [-0.2, -0.15) is 0 Å². The molecule has 6 heteroatoms. The second-order valence-corrected chi connectivity index (χ2v) is 23.4. The number of ether oxygens (including phenoxy) is 3. The number of carbonyl (C=O) groups is 3. The molecule has 0 spiro atoms. The molecule has 6 nitrogen and oxygen atoms in total. The van der Waals surface area contributed by atoms with Crippen LogP contribution in [0.2, 0.25) is 0 Å². The lowest BCUT2D eigenvalue weighted by atomic mass is 10.0. The Kier molecular flexibility index (Phi) is 65.1. The van der Waals surface area contributed by atoms with E-state index < -0.39 is 6.10 Å². The topological polar surface area (TPSA) is 78.9 Å². The number of rotatable bonds is 64. The Balaban J connectivity index is 4.19. The van der Waals surface area contributed by atoms with Gasteiger partial charge in [0, 0.05) is 19.3 Å². The molecule has 0 N–H and O–H groups in total. The lowest BCUT2D eigenvalue weighted by molar-refractivity contribution is -0.167. The quantitative estimate of drug-likeness (QED) is 0.0261. The van der Waals surface area contributed by atoms with Gasteiger partial charge in [0.25, 0.3) is 0 Å². The van der Waals surface area contributed by atoms with Gasteiger partial charge in [0.05, 0.1) is 0 Å². The van der Waals surface area contributed by atoms with Gasteiger partial charge in [0.15, 0.2) is 6.10 Å². The van der Waals surface area contributed by atoms with Crippen LogP contribution in [0.4, 0.5) is 0 Å². The summed E-state index contributed by atoms with van der Waals surface area (Å²) >= 11 is 0. The maximum atomic E-state index is 12.9. The van der Waals surface area contributed by atoms with Crippen molar-refractivity contribution in [3.63, 3.8) is 0 Å². The minimum absolute atomic E-state index is 0.0752. The fourth-order valence-electron chi connectivity index (χ4n) is 10.2. The lowest BCUT2D eigenvalue weighted by Gasteiger charge is -2.18. The van der Waals surface area contributed by atoms with Crippen LogP contribution in [0.15, 0.2) is 60.8 Å². The molecule has 1 unspecified atom stereocenters. The van der Waals surface area contributed by atoms with Crippen molar-refractivity contribution in [2.24, 2.45) is 0 Å². The zero-order chi connectivity index (χ0) is 57.1. The van der Waals surface area contributed by atoms with Gasteiger partial charge in [0.1, 0.15) is 13.2 Å². The monoisotopic (exact) mass is 1110 g/mol. The fraction of sp³-hybridized carbons (Fsp3) is 0.822. The van der Waals surface area contributed by atoms with Gasteiger partial charge < -0.3 is 14.2 Å². The largest absolute Gasteiger partial charge is 0.462 e. The lowest BCUT2D eigenvalue weighted by Crippen LogP contribution is -2.30. The van der Waals surface area contributed by atoms with Crippen molar-refractivity contribution in [3.05, 3.63) is 60.8 Å². The Morgan fingerprint density at radius 1 is 0.253 bits per heavy atom. The summed E-state index contributed by atoms with van der Waals surface area (Å²) in [5.41, 5.74) is 0. The minimum Gasteiger partial charge on any atom is -0.462 e. The fourth-order valence-corrected chi connectivity index (χ4v) is 10.2. The molecule has 0 aromatic rings. The molecule has 0 saturated heterocycles. The van der Waals surface area contributed by atoms with Crippen LogP contribution in [-0.2, 0) is 28.6 Å². The summed E-state index contributed by atoms with van der Waals surface area (Å²) < 4.78 is 16.9. The van der Waals surface area contributed by atoms with Crippen molar-refractivity contribution in [3.8, 4) is 0 Å². The highest BCUT2D eigenvalue weighted by atomic mass is 16.6. The summed E-state index contributed by atoms with van der Waals surface area (Å²) in [5, 5.41) is 0. The number of unbranched alkanes of at least 4 members (excludes halogenated alkanes) is 43. The molecule has 0 aromatic heterocycles. The van der Waals surface area contributed by atoms with Crippen LogP contribution in [-0.4, -0.2) is 37.2 Å². The first-order valence-electron chi connectivity index (χ1n) is 34.8. The van der Waals surface area contributed by atoms with E-state index in [1.165, 1.54) is 250 Å². The van der Waals surface area contributed by atoms with E-state index >= 15 is 0 Å². The van der Waals surface area contributed by atoms with Crippen molar-refractivity contribution in [2.75, 3.05) is 13.2 Å². The molecule has 79 heavy (non-hydrogen) atoms. The van der Waals surface area contributed by atoms with E-state index in [2.05, 4.69) is 81.5 Å². The maximum absolute atomic E-state index is 12.9. The summed E-state index contributed by atoms with van der Waals surface area (Å²) in [6.07, 6.45) is 86.8. The summed E-state index contributed by atoms with van der Waals surface area (Å²) in [5.74, 6) is -0.868. The first kappa shape index (κ1) is 76.1. The van der Waals surface area contributed by atoms with Gasteiger partial charge in [-0.3, -0.25) is 14.4 Å². The Bertz CT molecular complexity index is 1410. The van der Waals surface area contributed by atoms with Crippen LogP contribution in [0.1, 0.15) is 367 Å². The Hall–Kier alpha value is -2.89. The second-order valence-electron chi connectivity index (χ2n) is 23.4. The molecule has 0 aromatic carbocycles. The van der Waals surface area contributed by atoms with E-state index in [4.69, 9.17) is 14.2 Å². The van der Waals surface area contributed by atoms with E-state index in [1.807, 2.05) is 0 Å². The molecule has 0 aliphatic heterocycles. The van der Waals surface area contributed by atoms with Crippen molar-refractivity contribution in [2.45, 2.75) is 374 Å². The molecule has 0 heterocycles. The molecule has 0 bridgehead atoms. The SMILES string of the molecule is CCCC/C=C\CCCCCCCC(=O)OCC(COC(=O)CCCCCCCCCCCCCCCC/C=C\C/C=C\C/C=C\CCCCCCC)OC(=O)CCCCCCCCCCC/C=C\CCCCCCCCCC. The third-order valence-corrected chi connectivity index (χ3v) is 15.5. The van der Waals surface area contributed by atoms with Crippen molar-refractivity contribution in [1.82, 2.24) is 0 Å². The second kappa shape index (κ2) is 67.6. The van der Waals surface area contributed by atoms with Gasteiger partial charge in [-0.15, -0.1) is 0 Å². The predicted octanol–water partition coefficient (Wildman–Crippen LogP) is 23.9. The highest BCUT2D eigenvalue weighted by molar-refractivity contribution is 5.71. The number of hydrogen-bond acceptors (Lipinski definition) is 6. The smallest absolute Gasteiger partial charge is 0.306 e. The maximum Gasteiger partial charge on any atom is 0.306 e. The molecule has 0 fully saturated rings. The van der Waals surface area contributed by atoms with Crippen molar-refractivity contribution < 1.29 is 28.6 Å². The third kappa shape index (κ3) is 65.8. The van der Waals surface area contributed by atoms with E-state index in [0.29, 0.717) is 19.3 Å². The first-order chi connectivity index (χ1) is 39.0. The average molecular weight is 1110 g/mol. The van der Waals surface area contributed by atoms with Crippen LogP contribution >= 0.6 is 0 Å². The van der Waals surface area contributed by atoms with Gasteiger partial charge in [-0.1, -0.05) is 306 Å². The molecular formula is C73H132O6. The van der Waals surface area contributed by atoms with Crippen LogP contribution < -0.4 is 0 Å². The molecular weight excluding hydrogens is 973 g/mol. The highest BCUT2D eigenvalue weighted by Gasteiger charge is 2.19. The summed E-state index contributed by atoms with van der Waals surface area (Å²) in [6, 6.07) is 0. The number of carbonyl (C=O) groups excluding carboxylic acids is 3. The van der Waals surface area contributed by atoms with E-state index in [0.717, 1.165) is 77.0 Å². The van der Waals surface area contributed by atoms with E-state index in [1.54, 1.807) is 0 Å². The standard InChI is InChI=1S/C73H132O6/c1-4-7-10-13-16-19-22-24-26-28-30-32-33-34-35-36-37-38-39-41-42-44-46-48-51-54-57-60-63-66-72(75)78-69-70(68-77-71(74)65-62-59-56-53-50-21-18-15-12-9-6-3)79-73(76)67-64-61-58-55-52-49-47-45-43-40-31-29-27-25-23-20-17-14-11-8-5-2/h15,18,22,24,28-31,33-34,70H,4-14,16-17,19-21,23,25-27,32,35-69H2,1-3H3/b18-15-,24-22-,30-28-,31-29-,34-33-. The van der Waals surface area contributed by atoms with Gasteiger partial charge in [-0.05, 0) is 103 Å². The molecule has 0 aliphatic rings. The van der Waals surface area contributed by atoms with E-state index in [-0.39, 0.29) is 31.1 Å². The normalized spacial score (nSPS) is 12.4. The van der Waals surface area contributed by atoms with Crippen LogP contribution in [0.3, 0.4) is 0 Å². The number of allylic oxidation sites excluding steroid dienone is 10. The van der Waals surface area contributed by atoms with Crippen LogP contribution in [0.25, 0.3) is 0 Å². The summed E-state index contributed by atoms with van der Waals surface area (Å²) in [7, 11) is 0. The Morgan fingerprint density at radius 2 is 0.468 bits per heavy atom. The van der Waals surface area contributed by atoms with Gasteiger partial charge in [-0.25, -0.2) is 0 Å². The molecule has 1 atom stereocenters.